The molecule has 1 heterocycles. The molecule has 0 saturated heterocycles. The van der Waals surface area contributed by atoms with Crippen LogP contribution in [0.25, 0.3) is 0 Å². The van der Waals surface area contributed by atoms with E-state index in [-0.39, 0.29) is 5.69 Å². The average Bonchev–Trinajstić information content (AvgIpc) is 2.34. The first kappa shape index (κ1) is 12.2. The van der Waals surface area contributed by atoms with Gasteiger partial charge >= 0.3 is 0 Å². The molecule has 0 aliphatic heterocycles. The lowest BCUT2D eigenvalue weighted by Crippen LogP contribution is -2.01. The first-order valence-corrected chi connectivity index (χ1v) is 5.11. The van der Waals surface area contributed by atoms with E-state index in [0.29, 0.717) is 11.5 Å². The molecule has 3 N–H and O–H groups in total. The van der Waals surface area contributed by atoms with E-state index in [0.717, 1.165) is 17.7 Å². The number of nitrogens with two attached hydrogens (primary N) is 1. The Balaban J connectivity index is 2.34. The van der Waals surface area contributed by atoms with Crippen LogP contribution in [0.15, 0.2) is 24.4 Å². The van der Waals surface area contributed by atoms with Crippen molar-refractivity contribution in [2.45, 2.75) is 6.92 Å². The smallest absolute Gasteiger partial charge is 0.196 e. The van der Waals surface area contributed by atoms with Gasteiger partial charge in [0.15, 0.2) is 17.5 Å². The number of nitrogens with one attached hydrogen (secondary N) is 1. The van der Waals surface area contributed by atoms with Crippen molar-refractivity contribution < 1.29 is 13.2 Å². The molecule has 6 heteroatoms. The molecule has 0 aliphatic rings. The maximum absolute atomic E-state index is 13.4. The zero-order valence-corrected chi connectivity index (χ0v) is 9.47. The standard InChI is InChI=1S/C12H10F3N3/c1-6-4-10(17-5-8(6)16)18-9-3-2-7(13)11(14)12(9)15/h2-5H,16H2,1H3,(H,17,18). The largest absolute Gasteiger partial charge is 0.397 e. The normalized spacial score (nSPS) is 10.4. The minimum absolute atomic E-state index is 0.189. The number of pyridine rings is 1. The zero-order valence-electron chi connectivity index (χ0n) is 9.47. The quantitative estimate of drug-likeness (QED) is 0.808. The van der Waals surface area contributed by atoms with Crippen molar-refractivity contribution in [2.24, 2.45) is 0 Å². The van der Waals surface area contributed by atoms with Crippen LogP contribution in [-0.4, -0.2) is 4.98 Å². The van der Waals surface area contributed by atoms with Gasteiger partial charge in [-0.1, -0.05) is 0 Å². The predicted octanol–water partition coefficient (Wildman–Crippen LogP) is 3.13. The Morgan fingerprint density at radius 2 is 1.89 bits per heavy atom. The monoisotopic (exact) mass is 253 g/mol. The SMILES string of the molecule is Cc1cc(Nc2ccc(F)c(F)c2F)ncc1N. The topological polar surface area (TPSA) is 50.9 Å². The van der Waals surface area contributed by atoms with Crippen molar-refractivity contribution in [1.29, 1.82) is 0 Å². The molecule has 0 unspecified atom stereocenters. The van der Waals surface area contributed by atoms with E-state index in [4.69, 9.17) is 5.73 Å². The number of anilines is 3. The van der Waals surface area contributed by atoms with Crippen molar-refractivity contribution >= 4 is 17.2 Å². The number of benzene rings is 1. The molecule has 0 aliphatic carbocycles. The molecule has 0 fully saturated rings. The highest BCUT2D eigenvalue weighted by Crippen LogP contribution is 2.23. The summed E-state index contributed by atoms with van der Waals surface area (Å²) in [5.41, 5.74) is 6.63. The van der Waals surface area contributed by atoms with Gasteiger partial charge in [0.25, 0.3) is 0 Å². The minimum Gasteiger partial charge on any atom is -0.397 e. The van der Waals surface area contributed by atoms with Crippen molar-refractivity contribution in [2.75, 3.05) is 11.1 Å². The third kappa shape index (κ3) is 2.22. The van der Waals surface area contributed by atoms with E-state index in [1.807, 2.05) is 0 Å². The molecule has 0 bridgehead atoms. The highest BCUT2D eigenvalue weighted by molar-refractivity contribution is 5.60. The molecule has 0 spiro atoms. The number of nitrogens with zero attached hydrogens (tertiary/aromatic N) is 1. The fourth-order valence-electron chi connectivity index (χ4n) is 1.40. The predicted molar refractivity (Wildman–Crippen MR) is 63.0 cm³/mol. The summed E-state index contributed by atoms with van der Waals surface area (Å²) in [5, 5.41) is 2.56. The van der Waals surface area contributed by atoms with Gasteiger partial charge in [-0.05, 0) is 30.7 Å². The zero-order chi connectivity index (χ0) is 13.3. The Morgan fingerprint density at radius 1 is 1.17 bits per heavy atom. The summed E-state index contributed by atoms with van der Waals surface area (Å²) >= 11 is 0. The van der Waals surface area contributed by atoms with Crippen LogP contribution >= 0.6 is 0 Å². The van der Waals surface area contributed by atoms with Crippen LogP contribution in [-0.2, 0) is 0 Å². The van der Waals surface area contributed by atoms with Crippen molar-refractivity contribution in [3.8, 4) is 0 Å². The number of hydrogen-bond acceptors (Lipinski definition) is 3. The van der Waals surface area contributed by atoms with Gasteiger partial charge in [-0.25, -0.2) is 18.2 Å². The fourth-order valence-corrected chi connectivity index (χ4v) is 1.40. The first-order valence-electron chi connectivity index (χ1n) is 5.11. The summed E-state index contributed by atoms with van der Waals surface area (Å²) in [4.78, 5) is 3.91. The fraction of sp³-hybridized carbons (Fsp3) is 0.0833. The second kappa shape index (κ2) is 4.56. The summed E-state index contributed by atoms with van der Waals surface area (Å²) in [6.07, 6.45) is 1.40. The Morgan fingerprint density at radius 3 is 2.56 bits per heavy atom. The van der Waals surface area contributed by atoms with Gasteiger partial charge in [-0.15, -0.1) is 0 Å². The number of aryl methyl sites for hydroxylation is 1. The van der Waals surface area contributed by atoms with Crippen molar-refractivity contribution in [3.63, 3.8) is 0 Å². The van der Waals surface area contributed by atoms with E-state index in [1.165, 1.54) is 6.20 Å². The van der Waals surface area contributed by atoms with Gasteiger partial charge in [-0.2, -0.15) is 0 Å². The highest BCUT2D eigenvalue weighted by atomic mass is 19.2. The molecule has 3 nitrogen and oxygen atoms in total. The van der Waals surface area contributed by atoms with Gasteiger partial charge in [0.1, 0.15) is 5.82 Å². The van der Waals surface area contributed by atoms with E-state index >= 15 is 0 Å². The van der Waals surface area contributed by atoms with Gasteiger partial charge in [0.2, 0.25) is 0 Å². The molecule has 0 saturated carbocycles. The summed E-state index contributed by atoms with van der Waals surface area (Å²) in [6, 6.07) is 3.52. The molecule has 18 heavy (non-hydrogen) atoms. The molecular formula is C12H10F3N3. The van der Waals surface area contributed by atoms with Crippen LogP contribution in [0.1, 0.15) is 5.56 Å². The van der Waals surface area contributed by atoms with Crippen LogP contribution < -0.4 is 11.1 Å². The van der Waals surface area contributed by atoms with Crippen LogP contribution in [0.3, 0.4) is 0 Å². The molecule has 2 aromatic rings. The highest BCUT2D eigenvalue weighted by Gasteiger charge is 2.13. The maximum Gasteiger partial charge on any atom is 0.196 e. The maximum atomic E-state index is 13.4. The molecule has 1 aromatic heterocycles. The molecule has 0 radical (unpaired) electrons. The van der Waals surface area contributed by atoms with Gasteiger partial charge in [-0.3, -0.25) is 0 Å². The van der Waals surface area contributed by atoms with E-state index in [2.05, 4.69) is 10.3 Å². The van der Waals surface area contributed by atoms with E-state index < -0.39 is 17.5 Å². The molecule has 2 rings (SSSR count). The summed E-state index contributed by atoms with van der Waals surface area (Å²) < 4.78 is 39.1. The second-order valence-electron chi connectivity index (χ2n) is 3.77. The lowest BCUT2D eigenvalue weighted by Gasteiger charge is -2.09. The Kier molecular flexibility index (Phi) is 3.10. The lowest BCUT2D eigenvalue weighted by atomic mass is 10.2. The summed E-state index contributed by atoms with van der Waals surface area (Å²) in [5.74, 6) is -3.75. The average molecular weight is 253 g/mol. The van der Waals surface area contributed by atoms with Crippen LogP contribution in [0.2, 0.25) is 0 Å². The molecule has 1 aromatic carbocycles. The number of aromatic nitrogens is 1. The summed E-state index contributed by atoms with van der Waals surface area (Å²) in [7, 11) is 0. The third-order valence-corrected chi connectivity index (χ3v) is 2.45. The number of rotatable bonds is 2. The van der Waals surface area contributed by atoms with Gasteiger partial charge < -0.3 is 11.1 Å². The Bertz CT molecular complexity index is 599. The van der Waals surface area contributed by atoms with Gasteiger partial charge in [0.05, 0.1) is 17.6 Å². The molecule has 0 amide bonds. The minimum atomic E-state index is -1.52. The Hall–Kier alpha value is -2.24. The van der Waals surface area contributed by atoms with Crippen molar-refractivity contribution in [1.82, 2.24) is 4.98 Å². The first-order chi connectivity index (χ1) is 8.49. The Labute approximate surface area is 101 Å². The van der Waals surface area contributed by atoms with Crippen LogP contribution in [0, 0.1) is 24.4 Å². The molecule has 94 valence electrons. The van der Waals surface area contributed by atoms with Crippen LogP contribution in [0.5, 0.6) is 0 Å². The lowest BCUT2D eigenvalue weighted by molar-refractivity contribution is 0.449. The number of hydrogen-bond donors (Lipinski definition) is 2. The van der Waals surface area contributed by atoms with Crippen molar-refractivity contribution in [3.05, 3.63) is 47.4 Å². The van der Waals surface area contributed by atoms with E-state index in [9.17, 15) is 13.2 Å². The molecular weight excluding hydrogens is 243 g/mol. The summed E-state index contributed by atoms with van der Waals surface area (Å²) in [6.45, 7) is 1.75. The van der Waals surface area contributed by atoms with Gasteiger partial charge in [0, 0.05) is 0 Å². The van der Waals surface area contributed by atoms with Crippen LogP contribution in [0.4, 0.5) is 30.4 Å². The number of halogens is 3. The molecule has 0 atom stereocenters. The third-order valence-electron chi connectivity index (χ3n) is 2.45. The number of nitrogen functional groups attached to an aromatic ring is 1. The van der Waals surface area contributed by atoms with E-state index in [1.54, 1.807) is 13.0 Å². The second-order valence-corrected chi connectivity index (χ2v) is 3.77.